The van der Waals surface area contributed by atoms with Gasteiger partial charge in [-0.05, 0) is 12.3 Å². The van der Waals surface area contributed by atoms with Crippen LogP contribution in [-0.4, -0.2) is 11.0 Å². The normalized spacial score (nSPS) is 25.8. The molecule has 0 spiro atoms. The monoisotopic (exact) mass is 184 g/mol. The molecule has 70 valence electrons. The summed E-state index contributed by atoms with van der Waals surface area (Å²) in [7, 11) is 0. The minimum Gasteiger partial charge on any atom is -0.365 e. The smallest absolute Gasteiger partial charge is 0.168 e. The third kappa shape index (κ3) is 1.76. The first-order valence-electron chi connectivity index (χ1n) is 4.24. The molecule has 13 heavy (non-hydrogen) atoms. The standard InChI is InChI=1S/C9H10F2N2/c1-5-2-8(5)13-9-7(11)3-6(10)4-12-9/h3-5,8H,2H2,1H3,(H,12,13). The minimum atomic E-state index is -0.646. The van der Waals surface area contributed by atoms with Crippen molar-refractivity contribution in [2.75, 3.05) is 5.32 Å². The number of nitrogens with one attached hydrogen (secondary N) is 1. The molecule has 1 aliphatic carbocycles. The Morgan fingerprint density at radius 3 is 2.77 bits per heavy atom. The highest BCUT2D eigenvalue weighted by Crippen LogP contribution is 2.32. The van der Waals surface area contributed by atoms with Crippen LogP contribution in [0.15, 0.2) is 12.3 Å². The van der Waals surface area contributed by atoms with Crippen LogP contribution in [0.3, 0.4) is 0 Å². The number of anilines is 1. The number of hydrogen-bond donors (Lipinski definition) is 1. The molecule has 1 aliphatic rings. The highest BCUT2D eigenvalue weighted by molar-refractivity contribution is 5.38. The largest absolute Gasteiger partial charge is 0.365 e. The van der Waals surface area contributed by atoms with Crippen LogP contribution < -0.4 is 5.32 Å². The van der Waals surface area contributed by atoms with E-state index >= 15 is 0 Å². The lowest BCUT2D eigenvalue weighted by Crippen LogP contribution is -2.07. The minimum absolute atomic E-state index is 0.149. The first kappa shape index (κ1) is 8.41. The maximum absolute atomic E-state index is 13.0. The zero-order chi connectivity index (χ0) is 9.42. The van der Waals surface area contributed by atoms with Crippen LogP contribution in [0.2, 0.25) is 0 Å². The molecule has 0 saturated heterocycles. The van der Waals surface area contributed by atoms with E-state index in [1.165, 1.54) is 0 Å². The van der Waals surface area contributed by atoms with Crippen molar-refractivity contribution in [3.05, 3.63) is 23.9 Å². The van der Waals surface area contributed by atoms with Gasteiger partial charge in [-0.15, -0.1) is 0 Å². The second kappa shape index (κ2) is 2.94. The summed E-state index contributed by atoms with van der Waals surface area (Å²) in [5.41, 5.74) is 0. The summed E-state index contributed by atoms with van der Waals surface area (Å²) >= 11 is 0. The molecule has 0 radical (unpaired) electrons. The predicted molar refractivity (Wildman–Crippen MR) is 45.3 cm³/mol. The maximum atomic E-state index is 13.0. The van der Waals surface area contributed by atoms with Crippen molar-refractivity contribution in [3.63, 3.8) is 0 Å². The van der Waals surface area contributed by atoms with Gasteiger partial charge in [0.2, 0.25) is 0 Å². The third-order valence-corrected chi connectivity index (χ3v) is 2.24. The van der Waals surface area contributed by atoms with Crippen molar-refractivity contribution < 1.29 is 8.78 Å². The van der Waals surface area contributed by atoms with Crippen LogP contribution in [0.1, 0.15) is 13.3 Å². The van der Waals surface area contributed by atoms with Crippen molar-refractivity contribution in [2.45, 2.75) is 19.4 Å². The quantitative estimate of drug-likeness (QED) is 0.762. The lowest BCUT2D eigenvalue weighted by atomic mass is 10.4. The molecule has 2 atom stereocenters. The summed E-state index contributed by atoms with van der Waals surface area (Å²) in [5, 5.41) is 2.91. The average Bonchev–Trinajstić information content (AvgIpc) is 2.73. The number of halogens is 2. The molecule has 2 unspecified atom stereocenters. The molecule has 1 N–H and O–H groups in total. The van der Waals surface area contributed by atoms with E-state index in [2.05, 4.69) is 17.2 Å². The van der Waals surface area contributed by atoms with Gasteiger partial charge < -0.3 is 5.32 Å². The molecular formula is C9H10F2N2. The van der Waals surface area contributed by atoms with Crippen molar-refractivity contribution >= 4 is 5.82 Å². The predicted octanol–water partition coefficient (Wildman–Crippen LogP) is 2.18. The van der Waals surface area contributed by atoms with Gasteiger partial charge in [-0.2, -0.15) is 0 Å². The van der Waals surface area contributed by atoms with E-state index in [1.807, 2.05) is 0 Å². The fraction of sp³-hybridized carbons (Fsp3) is 0.444. The number of pyridine rings is 1. The van der Waals surface area contributed by atoms with Gasteiger partial charge in [-0.25, -0.2) is 13.8 Å². The van der Waals surface area contributed by atoms with Gasteiger partial charge in [0.15, 0.2) is 11.6 Å². The zero-order valence-electron chi connectivity index (χ0n) is 7.22. The lowest BCUT2D eigenvalue weighted by Gasteiger charge is -2.04. The number of hydrogen-bond acceptors (Lipinski definition) is 2. The van der Waals surface area contributed by atoms with Crippen LogP contribution in [0.25, 0.3) is 0 Å². The molecule has 1 fully saturated rings. The van der Waals surface area contributed by atoms with Gasteiger partial charge >= 0.3 is 0 Å². The Labute approximate surface area is 75.0 Å². The Kier molecular flexibility index (Phi) is 1.90. The Morgan fingerprint density at radius 1 is 1.54 bits per heavy atom. The first-order valence-corrected chi connectivity index (χ1v) is 4.24. The molecule has 1 heterocycles. The van der Waals surface area contributed by atoms with Gasteiger partial charge in [-0.1, -0.05) is 6.92 Å². The van der Waals surface area contributed by atoms with E-state index in [-0.39, 0.29) is 5.82 Å². The van der Waals surface area contributed by atoms with Crippen LogP contribution in [0.5, 0.6) is 0 Å². The van der Waals surface area contributed by atoms with Crippen molar-refractivity contribution in [1.29, 1.82) is 0 Å². The lowest BCUT2D eigenvalue weighted by molar-refractivity contribution is 0.575. The van der Waals surface area contributed by atoms with Crippen LogP contribution >= 0.6 is 0 Å². The van der Waals surface area contributed by atoms with Crippen LogP contribution in [0, 0.1) is 17.6 Å². The molecule has 0 amide bonds. The van der Waals surface area contributed by atoms with Gasteiger partial charge in [0.1, 0.15) is 5.82 Å². The molecule has 0 aromatic carbocycles. The van der Waals surface area contributed by atoms with E-state index in [0.29, 0.717) is 12.0 Å². The van der Waals surface area contributed by atoms with E-state index < -0.39 is 11.6 Å². The Balaban J connectivity index is 2.11. The van der Waals surface area contributed by atoms with E-state index in [9.17, 15) is 8.78 Å². The Bertz CT molecular complexity index is 327. The van der Waals surface area contributed by atoms with Crippen molar-refractivity contribution in [1.82, 2.24) is 4.98 Å². The summed E-state index contributed by atoms with van der Waals surface area (Å²) in [4.78, 5) is 3.63. The molecule has 2 rings (SSSR count). The third-order valence-electron chi connectivity index (χ3n) is 2.24. The van der Waals surface area contributed by atoms with Crippen LogP contribution in [-0.2, 0) is 0 Å². The van der Waals surface area contributed by atoms with Gasteiger partial charge in [0, 0.05) is 12.1 Å². The summed E-state index contributed by atoms with van der Waals surface area (Å²) in [6.45, 7) is 2.07. The molecular weight excluding hydrogens is 174 g/mol. The summed E-state index contributed by atoms with van der Waals surface area (Å²) < 4.78 is 25.4. The second-order valence-electron chi connectivity index (χ2n) is 3.45. The summed E-state index contributed by atoms with van der Waals surface area (Å²) in [6.07, 6.45) is 2.04. The molecule has 2 nitrogen and oxygen atoms in total. The second-order valence-corrected chi connectivity index (χ2v) is 3.45. The number of aromatic nitrogens is 1. The summed E-state index contributed by atoms with van der Waals surface area (Å²) in [6, 6.07) is 1.13. The highest BCUT2D eigenvalue weighted by Gasteiger charge is 2.33. The van der Waals surface area contributed by atoms with E-state index in [1.54, 1.807) is 0 Å². The highest BCUT2D eigenvalue weighted by atomic mass is 19.1. The van der Waals surface area contributed by atoms with E-state index in [4.69, 9.17) is 0 Å². The number of nitrogens with zero attached hydrogens (tertiary/aromatic N) is 1. The maximum Gasteiger partial charge on any atom is 0.168 e. The van der Waals surface area contributed by atoms with Crippen LogP contribution in [0.4, 0.5) is 14.6 Å². The average molecular weight is 184 g/mol. The number of rotatable bonds is 2. The fourth-order valence-corrected chi connectivity index (χ4v) is 1.22. The topological polar surface area (TPSA) is 24.9 Å². The zero-order valence-corrected chi connectivity index (χ0v) is 7.22. The SMILES string of the molecule is CC1CC1Nc1ncc(F)cc1F. The fourth-order valence-electron chi connectivity index (χ4n) is 1.22. The van der Waals surface area contributed by atoms with Crippen molar-refractivity contribution in [3.8, 4) is 0 Å². The Hall–Kier alpha value is -1.19. The molecule has 4 heteroatoms. The molecule has 0 aliphatic heterocycles. The van der Waals surface area contributed by atoms with Gasteiger partial charge in [0.25, 0.3) is 0 Å². The molecule has 0 bridgehead atoms. The molecule has 1 aromatic rings. The van der Waals surface area contributed by atoms with E-state index in [0.717, 1.165) is 18.7 Å². The summed E-state index contributed by atoms with van der Waals surface area (Å²) in [5.74, 6) is -0.562. The van der Waals surface area contributed by atoms with Gasteiger partial charge in [-0.3, -0.25) is 0 Å². The van der Waals surface area contributed by atoms with Crippen molar-refractivity contribution in [2.24, 2.45) is 5.92 Å². The Morgan fingerprint density at radius 2 is 2.23 bits per heavy atom. The first-order chi connectivity index (χ1) is 6.16. The molecule has 1 saturated carbocycles. The van der Waals surface area contributed by atoms with Gasteiger partial charge in [0.05, 0.1) is 6.20 Å². The molecule has 1 aromatic heterocycles.